The van der Waals surface area contributed by atoms with Crippen LogP contribution in [0.3, 0.4) is 0 Å². The number of carbonyl (C=O) groups excluding carboxylic acids is 3. The number of amides is 3. The molecule has 0 N–H and O–H groups in total. The summed E-state index contributed by atoms with van der Waals surface area (Å²) in [5, 5.41) is 0. The molecule has 28 heavy (non-hydrogen) atoms. The second-order valence-corrected chi connectivity index (χ2v) is 7.79. The standard InChI is InChI=1S/C22H31N3O3/c1-3-20(26)25-13-5-4-10-19(25)22(28)24-12-7-11-23(14-15-24)21(27)18-9-6-8-17(2)16-18/h6,8-9,16,19H,3-5,7,10-15H2,1-2H3. The van der Waals surface area contributed by atoms with Gasteiger partial charge < -0.3 is 14.7 Å². The van der Waals surface area contributed by atoms with Gasteiger partial charge in [-0.15, -0.1) is 0 Å². The van der Waals surface area contributed by atoms with E-state index in [0.717, 1.165) is 31.2 Å². The first-order valence-electron chi connectivity index (χ1n) is 10.5. The molecule has 6 nitrogen and oxygen atoms in total. The predicted octanol–water partition coefficient (Wildman–Crippen LogP) is 2.46. The van der Waals surface area contributed by atoms with E-state index >= 15 is 0 Å². The van der Waals surface area contributed by atoms with Crippen molar-refractivity contribution in [1.82, 2.24) is 14.7 Å². The quantitative estimate of drug-likeness (QED) is 0.803. The van der Waals surface area contributed by atoms with Crippen LogP contribution in [0.25, 0.3) is 0 Å². The van der Waals surface area contributed by atoms with Crippen molar-refractivity contribution < 1.29 is 14.4 Å². The van der Waals surface area contributed by atoms with Crippen molar-refractivity contribution in [3.8, 4) is 0 Å². The summed E-state index contributed by atoms with van der Waals surface area (Å²) in [4.78, 5) is 43.7. The maximum absolute atomic E-state index is 13.2. The first-order chi connectivity index (χ1) is 13.5. The molecule has 3 rings (SSSR count). The van der Waals surface area contributed by atoms with E-state index in [0.29, 0.717) is 44.7 Å². The monoisotopic (exact) mass is 385 g/mol. The Labute approximate surface area is 167 Å². The largest absolute Gasteiger partial charge is 0.339 e. The zero-order chi connectivity index (χ0) is 20.1. The molecule has 0 spiro atoms. The molecule has 1 unspecified atom stereocenters. The van der Waals surface area contributed by atoms with Gasteiger partial charge in [-0.05, 0) is 44.7 Å². The number of hydrogen-bond acceptors (Lipinski definition) is 3. The number of piperidine rings is 1. The minimum atomic E-state index is -0.333. The molecule has 0 bridgehead atoms. The minimum Gasteiger partial charge on any atom is -0.339 e. The van der Waals surface area contributed by atoms with Crippen LogP contribution in [0.5, 0.6) is 0 Å². The van der Waals surface area contributed by atoms with Gasteiger partial charge in [0.15, 0.2) is 0 Å². The summed E-state index contributed by atoms with van der Waals surface area (Å²) in [5.74, 6) is 0.133. The summed E-state index contributed by atoms with van der Waals surface area (Å²) in [6.45, 7) is 6.86. The Morgan fingerprint density at radius 1 is 0.964 bits per heavy atom. The lowest BCUT2D eigenvalue weighted by atomic mass is 10.00. The van der Waals surface area contributed by atoms with Crippen LogP contribution in [0, 0.1) is 6.92 Å². The second kappa shape index (κ2) is 9.22. The normalized spacial score (nSPS) is 20.6. The van der Waals surface area contributed by atoms with E-state index in [1.165, 1.54) is 0 Å². The van der Waals surface area contributed by atoms with Crippen molar-refractivity contribution in [3.63, 3.8) is 0 Å². The highest BCUT2D eigenvalue weighted by molar-refractivity contribution is 5.94. The lowest BCUT2D eigenvalue weighted by molar-refractivity contribution is -0.147. The third-order valence-electron chi connectivity index (χ3n) is 5.77. The molecule has 2 fully saturated rings. The smallest absolute Gasteiger partial charge is 0.253 e. The van der Waals surface area contributed by atoms with E-state index in [2.05, 4.69) is 0 Å². The Kier molecular flexibility index (Phi) is 6.70. The van der Waals surface area contributed by atoms with Crippen molar-refractivity contribution in [2.45, 2.75) is 52.0 Å². The molecule has 1 atom stereocenters. The topological polar surface area (TPSA) is 60.9 Å². The van der Waals surface area contributed by atoms with Crippen LogP contribution in [-0.4, -0.2) is 71.2 Å². The van der Waals surface area contributed by atoms with Gasteiger partial charge in [-0.25, -0.2) is 0 Å². The number of benzene rings is 1. The highest BCUT2D eigenvalue weighted by Crippen LogP contribution is 2.21. The number of aryl methyl sites for hydroxylation is 1. The first-order valence-corrected chi connectivity index (χ1v) is 10.5. The fourth-order valence-corrected chi connectivity index (χ4v) is 4.20. The molecule has 2 heterocycles. The Bertz CT molecular complexity index is 733. The van der Waals surface area contributed by atoms with Gasteiger partial charge in [0.1, 0.15) is 6.04 Å². The van der Waals surface area contributed by atoms with E-state index < -0.39 is 0 Å². The third-order valence-corrected chi connectivity index (χ3v) is 5.77. The van der Waals surface area contributed by atoms with Gasteiger partial charge in [0.05, 0.1) is 0 Å². The van der Waals surface area contributed by atoms with Crippen LogP contribution in [0.15, 0.2) is 24.3 Å². The maximum atomic E-state index is 13.2. The van der Waals surface area contributed by atoms with Crippen molar-refractivity contribution in [1.29, 1.82) is 0 Å². The van der Waals surface area contributed by atoms with Crippen LogP contribution in [-0.2, 0) is 9.59 Å². The molecular weight excluding hydrogens is 354 g/mol. The Morgan fingerprint density at radius 3 is 2.46 bits per heavy atom. The first kappa shape index (κ1) is 20.4. The van der Waals surface area contributed by atoms with E-state index in [4.69, 9.17) is 0 Å². The van der Waals surface area contributed by atoms with Crippen LogP contribution in [0.4, 0.5) is 0 Å². The van der Waals surface area contributed by atoms with Gasteiger partial charge in [0, 0.05) is 44.7 Å². The van der Waals surface area contributed by atoms with Gasteiger partial charge in [-0.1, -0.05) is 24.6 Å². The summed E-state index contributed by atoms with van der Waals surface area (Å²) in [6.07, 6.45) is 3.89. The number of rotatable bonds is 3. The second-order valence-electron chi connectivity index (χ2n) is 7.79. The molecule has 152 valence electrons. The van der Waals surface area contributed by atoms with E-state index in [-0.39, 0.29) is 23.8 Å². The van der Waals surface area contributed by atoms with E-state index in [1.54, 1.807) is 4.90 Å². The highest BCUT2D eigenvalue weighted by Gasteiger charge is 2.35. The summed E-state index contributed by atoms with van der Waals surface area (Å²) < 4.78 is 0. The molecule has 6 heteroatoms. The van der Waals surface area contributed by atoms with Crippen molar-refractivity contribution in [2.24, 2.45) is 0 Å². The molecule has 1 aromatic carbocycles. The number of carbonyl (C=O) groups is 3. The zero-order valence-electron chi connectivity index (χ0n) is 17.0. The molecule has 0 aliphatic carbocycles. The minimum absolute atomic E-state index is 0.0263. The lowest BCUT2D eigenvalue weighted by Crippen LogP contribution is -2.53. The van der Waals surface area contributed by atoms with Gasteiger partial charge in [0.2, 0.25) is 11.8 Å². The summed E-state index contributed by atoms with van der Waals surface area (Å²) in [7, 11) is 0. The van der Waals surface area contributed by atoms with Crippen LogP contribution >= 0.6 is 0 Å². The highest BCUT2D eigenvalue weighted by atomic mass is 16.2. The maximum Gasteiger partial charge on any atom is 0.253 e. The van der Waals surface area contributed by atoms with E-state index in [9.17, 15) is 14.4 Å². The molecule has 2 saturated heterocycles. The summed E-state index contributed by atoms with van der Waals surface area (Å²) >= 11 is 0. The molecule has 2 aliphatic heterocycles. The molecule has 0 saturated carbocycles. The van der Waals surface area contributed by atoms with Crippen molar-refractivity contribution in [3.05, 3.63) is 35.4 Å². The molecule has 2 aliphatic rings. The van der Waals surface area contributed by atoms with Gasteiger partial charge in [-0.3, -0.25) is 14.4 Å². The number of likely N-dealkylation sites (tertiary alicyclic amines) is 1. The Balaban J connectivity index is 1.65. The van der Waals surface area contributed by atoms with Crippen molar-refractivity contribution in [2.75, 3.05) is 32.7 Å². The Hall–Kier alpha value is -2.37. The fourth-order valence-electron chi connectivity index (χ4n) is 4.20. The Morgan fingerprint density at radius 2 is 1.71 bits per heavy atom. The number of hydrogen-bond donors (Lipinski definition) is 0. The van der Waals surface area contributed by atoms with Gasteiger partial charge in [0.25, 0.3) is 5.91 Å². The van der Waals surface area contributed by atoms with Crippen LogP contribution in [0.2, 0.25) is 0 Å². The van der Waals surface area contributed by atoms with E-state index in [1.807, 2.05) is 47.9 Å². The average Bonchev–Trinajstić information content (AvgIpc) is 2.98. The van der Waals surface area contributed by atoms with Crippen LogP contribution < -0.4 is 0 Å². The van der Waals surface area contributed by atoms with Crippen molar-refractivity contribution >= 4 is 17.7 Å². The number of nitrogens with zero attached hydrogens (tertiary/aromatic N) is 3. The molecular formula is C22H31N3O3. The van der Waals surface area contributed by atoms with Crippen LogP contribution in [0.1, 0.15) is 54.9 Å². The predicted molar refractivity (Wildman–Crippen MR) is 108 cm³/mol. The third kappa shape index (κ3) is 4.54. The SMILES string of the molecule is CCC(=O)N1CCCCC1C(=O)N1CCCN(C(=O)c2cccc(C)c2)CC1. The summed E-state index contributed by atoms with van der Waals surface area (Å²) in [5.41, 5.74) is 1.77. The van der Waals surface area contributed by atoms with Gasteiger partial charge in [-0.2, -0.15) is 0 Å². The van der Waals surface area contributed by atoms with Gasteiger partial charge >= 0.3 is 0 Å². The molecule has 0 aromatic heterocycles. The zero-order valence-corrected chi connectivity index (χ0v) is 17.0. The fraction of sp³-hybridized carbons (Fsp3) is 0.591. The summed E-state index contributed by atoms with van der Waals surface area (Å²) in [6, 6.07) is 7.30. The molecule has 3 amide bonds. The lowest BCUT2D eigenvalue weighted by Gasteiger charge is -2.37. The average molecular weight is 386 g/mol. The molecule has 1 aromatic rings. The molecule has 0 radical (unpaired) electrons.